The van der Waals surface area contributed by atoms with E-state index >= 15 is 8.78 Å². The second-order valence-electron chi connectivity index (χ2n) is 9.15. The van der Waals surface area contributed by atoms with Gasteiger partial charge in [0.15, 0.2) is 17.2 Å². The van der Waals surface area contributed by atoms with Crippen LogP contribution in [0.1, 0.15) is 26.4 Å². The predicted octanol–water partition coefficient (Wildman–Crippen LogP) is 2.31. The number of primary amides is 1. The summed E-state index contributed by atoms with van der Waals surface area (Å²) in [4.78, 5) is 28.0. The Labute approximate surface area is 228 Å². The van der Waals surface area contributed by atoms with Crippen LogP contribution in [0.5, 0.6) is 23.0 Å². The second-order valence-corrected chi connectivity index (χ2v) is 9.15. The Hall–Kier alpha value is -4.44. The number of nitrogens with zero attached hydrogens (tertiary/aromatic N) is 1. The number of amides is 2. The van der Waals surface area contributed by atoms with Gasteiger partial charge >= 0.3 is 12.5 Å². The van der Waals surface area contributed by atoms with Gasteiger partial charge in [-0.25, -0.2) is 4.39 Å². The van der Waals surface area contributed by atoms with Crippen LogP contribution in [0.25, 0.3) is 0 Å². The van der Waals surface area contributed by atoms with E-state index in [0.29, 0.717) is 12.1 Å². The average Bonchev–Trinajstić information content (AvgIpc) is 2.81. The van der Waals surface area contributed by atoms with Crippen molar-refractivity contribution >= 4 is 41.0 Å². The first-order chi connectivity index (χ1) is 18.7. The van der Waals surface area contributed by atoms with Crippen molar-refractivity contribution in [2.45, 2.75) is 17.8 Å². The number of halogens is 8. The van der Waals surface area contributed by atoms with Crippen LogP contribution in [0.4, 0.5) is 40.8 Å². The van der Waals surface area contributed by atoms with Crippen molar-refractivity contribution in [2.75, 3.05) is 5.32 Å². The molecule has 3 aromatic rings. The molecule has 41 heavy (non-hydrogen) atoms. The molecule has 0 saturated carbocycles. The molecule has 3 N–H and O–H groups in total. The van der Waals surface area contributed by atoms with E-state index in [4.69, 9.17) is 15.2 Å². The van der Waals surface area contributed by atoms with Gasteiger partial charge in [-0.2, -0.15) is 17.6 Å². The Morgan fingerprint density at radius 3 is 2.07 bits per heavy atom. The zero-order chi connectivity index (χ0) is 30.9. The summed E-state index contributed by atoms with van der Waals surface area (Å²) in [6.45, 7) is 0. The van der Waals surface area contributed by atoms with Gasteiger partial charge in [0.05, 0.1) is 5.56 Å². The van der Waals surface area contributed by atoms with Crippen LogP contribution in [0, 0.1) is 11.6 Å². The minimum atomic E-state index is -5.32. The maximum absolute atomic E-state index is 15.1. The van der Waals surface area contributed by atoms with Gasteiger partial charge in [0.1, 0.15) is 46.4 Å². The number of nitrogens with one attached hydrogen (secondary N) is 1. The van der Waals surface area contributed by atoms with Crippen LogP contribution in [0.3, 0.4) is 0 Å². The largest absolute Gasteiger partial charge is 0.573 e. The first-order valence-electron chi connectivity index (χ1n) is 11.2. The highest BCUT2D eigenvalue weighted by atomic mass is 19.4. The molecule has 3 rings (SSSR count). The van der Waals surface area contributed by atoms with Gasteiger partial charge in [-0.3, -0.25) is 14.6 Å². The molecule has 0 radical (unpaired) electrons. The number of nitrogens with two attached hydrogens (primary N) is 1. The first kappa shape index (κ1) is 31.1. The van der Waals surface area contributed by atoms with Crippen molar-refractivity contribution in [3.63, 3.8) is 0 Å². The molecule has 0 aliphatic carbocycles. The lowest BCUT2D eigenvalue weighted by molar-refractivity contribution is -0.275. The van der Waals surface area contributed by atoms with E-state index in [1.165, 1.54) is 23.5 Å². The number of benzene rings is 2. The van der Waals surface area contributed by atoms with Crippen molar-refractivity contribution < 1.29 is 58.9 Å². The van der Waals surface area contributed by atoms with E-state index in [9.17, 15) is 35.9 Å². The van der Waals surface area contributed by atoms with Crippen LogP contribution in [0.2, 0.25) is 0 Å². The molecule has 2 amide bonds. The molecular weight excluding hydrogens is 571 g/mol. The van der Waals surface area contributed by atoms with Crippen molar-refractivity contribution in [3.8, 4) is 23.0 Å². The Morgan fingerprint density at radius 1 is 0.878 bits per heavy atom. The Kier molecular flexibility index (Phi) is 8.50. The topological polar surface area (TPSA) is 113 Å². The maximum Gasteiger partial charge on any atom is 0.573 e. The number of hydrogen-bond acceptors (Lipinski definition) is 6. The highest BCUT2D eigenvalue weighted by molar-refractivity contribution is 6.58. The van der Waals surface area contributed by atoms with Crippen molar-refractivity contribution in [1.82, 2.24) is 4.98 Å². The molecule has 1 aromatic heterocycles. The molecule has 0 spiro atoms. The number of hydrogen-bond donors (Lipinski definition) is 2. The molecule has 0 fully saturated rings. The van der Waals surface area contributed by atoms with Gasteiger partial charge in [-0.1, -0.05) is 0 Å². The third-order valence-corrected chi connectivity index (χ3v) is 4.76. The average molecular weight is 587 g/mol. The predicted molar refractivity (Wildman–Crippen MR) is 134 cm³/mol. The molecule has 0 aliphatic heterocycles. The Bertz CT molecular complexity index is 1500. The van der Waals surface area contributed by atoms with E-state index < -0.39 is 75.4 Å². The second kappa shape index (κ2) is 11.2. The van der Waals surface area contributed by atoms with Gasteiger partial charge in [0.25, 0.3) is 11.8 Å². The number of alkyl halides is 6. The lowest BCUT2D eigenvalue weighted by Gasteiger charge is -2.25. The van der Waals surface area contributed by atoms with Gasteiger partial charge in [0, 0.05) is 17.2 Å². The summed E-state index contributed by atoms with van der Waals surface area (Å²) in [5.74, 6) is -10.2. The summed E-state index contributed by atoms with van der Waals surface area (Å²) in [5, 5.41) is 0.842. The van der Waals surface area contributed by atoms with E-state index in [1.54, 1.807) is 0 Å². The molecule has 0 unspecified atom stereocenters. The maximum atomic E-state index is 15.1. The highest BCUT2D eigenvalue weighted by Crippen LogP contribution is 2.43. The molecule has 19 heteroatoms. The molecule has 0 aliphatic rings. The summed E-state index contributed by atoms with van der Waals surface area (Å²) in [6, 6.07) is 3.46. The third-order valence-electron chi connectivity index (χ3n) is 4.76. The summed E-state index contributed by atoms with van der Waals surface area (Å²) < 4.78 is 123. The monoisotopic (exact) mass is 587 g/mol. The Balaban J connectivity index is 2.16. The standard InChI is InChI=1S/C22H16B3F8N3O5/c23-21(24,25)41-17-13(2-1-12(16(17)27)40-22(31,32)33)39-14-6-8(20(28,29)30)5-10(26)15(14)19(38)36-9-3-4-35-11(7-9)18(34)37/h1-7H,23-25H2,(H2,34,37)(H,35,36,38). The van der Waals surface area contributed by atoms with Crippen molar-refractivity contribution in [3.05, 3.63) is 71.1 Å². The van der Waals surface area contributed by atoms with Crippen molar-refractivity contribution in [2.24, 2.45) is 5.73 Å². The van der Waals surface area contributed by atoms with E-state index in [-0.39, 0.29) is 23.5 Å². The SMILES string of the molecule is BC(B)(B)Oc1c(Oc2cc(C(F)(F)F)cc(F)c2C(=O)Nc2ccnc(C(N)=O)c2)ccc(OC(F)(F)F)c1F. The van der Waals surface area contributed by atoms with Gasteiger partial charge < -0.3 is 25.3 Å². The molecular formula is C22H16B3F8N3O5. The third kappa shape index (κ3) is 8.05. The van der Waals surface area contributed by atoms with E-state index in [2.05, 4.69) is 15.0 Å². The fraction of sp³-hybridized carbons (Fsp3) is 0.136. The minimum Gasteiger partial charge on any atom is -0.508 e. The molecule has 0 bridgehead atoms. The molecule has 2 aromatic carbocycles. The van der Waals surface area contributed by atoms with Gasteiger partial charge in [-0.05, 0) is 36.4 Å². The number of aromatic nitrogens is 1. The number of ether oxygens (including phenoxy) is 3. The van der Waals surface area contributed by atoms with E-state index in [0.717, 1.165) is 18.3 Å². The zero-order valence-electron chi connectivity index (χ0n) is 21.1. The van der Waals surface area contributed by atoms with Gasteiger partial charge in [-0.15, -0.1) is 13.2 Å². The number of anilines is 1. The fourth-order valence-electron chi connectivity index (χ4n) is 3.21. The van der Waals surface area contributed by atoms with Crippen LogP contribution in [-0.2, 0) is 6.18 Å². The number of carbonyl (C=O) groups is 2. The van der Waals surface area contributed by atoms with Crippen LogP contribution in [0.15, 0.2) is 42.6 Å². The van der Waals surface area contributed by atoms with Crippen LogP contribution in [-0.4, -0.2) is 52.0 Å². The van der Waals surface area contributed by atoms with Gasteiger partial charge in [0.2, 0.25) is 5.82 Å². The normalized spacial score (nSPS) is 12.0. The first-order valence-corrected chi connectivity index (χ1v) is 11.2. The summed E-state index contributed by atoms with van der Waals surface area (Å²) in [5.41, 5.74) is 1.91. The smallest absolute Gasteiger partial charge is 0.508 e. The van der Waals surface area contributed by atoms with Crippen LogP contribution < -0.4 is 25.3 Å². The molecule has 8 nitrogen and oxygen atoms in total. The molecule has 0 atom stereocenters. The Morgan fingerprint density at radius 2 is 1.51 bits per heavy atom. The van der Waals surface area contributed by atoms with Crippen molar-refractivity contribution in [1.29, 1.82) is 0 Å². The van der Waals surface area contributed by atoms with E-state index in [1.807, 2.05) is 0 Å². The molecule has 214 valence electrons. The zero-order valence-corrected chi connectivity index (χ0v) is 21.1. The number of carbonyl (C=O) groups excluding carboxylic acids is 2. The summed E-state index contributed by atoms with van der Waals surface area (Å²) in [6.07, 6.45) is -9.41. The lowest BCUT2D eigenvalue weighted by atomic mass is 9.52. The summed E-state index contributed by atoms with van der Waals surface area (Å²) >= 11 is 0. The number of rotatable bonds is 8. The highest BCUT2D eigenvalue weighted by Gasteiger charge is 2.36. The molecule has 0 saturated heterocycles. The fourth-order valence-corrected chi connectivity index (χ4v) is 3.21. The quantitative estimate of drug-likeness (QED) is 0.310. The summed E-state index contributed by atoms with van der Waals surface area (Å²) in [7, 11) is 4.10. The lowest BCUT2D eigenvalue weighted by Crippen LogP contribution is -2.38. The molecule has 1 heterocycles. The van der Waals surface area contributed by atoms with Crippen LogP contribution >= 0.6 is 0 Å². The number of pyridine rings is 1. The minimum absolute atomic E-state index is 0.00339.